The molecule has 11 heavy (non-hydrogen) atoms. The predicted octanol–water partition coefficient (Wildman–Crippen LogP) is 3.25. The zero-order valence-electron chi connectivity index (χ0n) is 6.80. The number of halogens is 1. The molecular weight excluding hydrogens is 247 g/mol. The largest absolute Gasteiger partial charge is 0.0823 e. The van der Waals surface area contributed by atoms with Gasteiger partial charge in [0.2, 0.25) is 0 Å². The Kier molecular flexibility index (Phi) is 1.54. The van der Waals surface area contributed by atoms with Crippen molar-refractivity contribution in [1.29, 1.82) is 0 Å². The van der Waals surface area contributed by atoms with E-state index in [1.54, 1.807) is 32.1 Å². The van der Waals surface area contributed by atoms with Crippen LogP contribution >= 0.6 is 22.6 Å². The highest BCUT2D eigenvalue weighted by molar-refractivity contribution is 14.1. The average molecular weight is 262 g/mol. The molecule has 62 valence electrons. The second kappa shape index (κ2) is 2.36. The third-order valence-electron chi connectivity index (χ3n) is 4.14. The molecule has 0 nitrogen and oxygen atoms in total. The molecule has 0 radical (unpaired) electrons. The number of hydrogen-bond donors (Lipinski definition) is 0. The molecule has 0 aromatic rings. The molecule has 5 unspecified atom stereocenters. The summed E-state index contributed by atoms with van der Waals surface area (Å²) in [6.07, 6.45) is 7.89. The molecule has 4 rings (SSSR count). The van der Waals surface area contributed by atoms with Crippen molar-refractivity contribution in [2.75, 3.05) is 0 Å². The predicted molar refractivity (Wildman–Crippen MR) is 54.9 cm³/mol. The number of alkyl halides is 1. The van der Waals surface area contributed by atoms with Gasteiger partial charge in [-0.15, -0.1) is 0 Å². The van der Waals surface area contributed by atoms with Crippen molar-refractivity contribution < 1.29 is 0 Å². The van der Waals surface area contributed by atoms with Gasteiger partial charge in [-0.3, -0.25) is 0 Å². The summed E-state index contributed by atoms with van der Waals surface area (Å²) in [5.41, 5.74) is 0. The molecule has 0 N–H and O–H groups in total. The van der Waals surface area contributed by atoms with Gasteiger partial charge in [-0.05, 0) is 55.8 Å². The molecule has 1 heteroatoms. The molecule has 0 heterocycles. The lowest BCUT2D eigenvalue weighted by Gasteiger charge is -2.30. The summed E-state index contributed by atoms with van der Waals surface area (Å²) in [7, 11) is 0. The molecule has 4 aliphatic carbocycles. The van der Waals surface area contributed by atoms with E-state index in [1.165, 1.54) is 11.8 Å². The van der Waals surface area contributed by atoms with Gasteiger partial charge in [0.15, 0.2) is 0 Å². The zero-order valence-corrected chi connectivity index (χ0v) is 8.96. The fourth-order valence-electron chi connectivity index (χ4n) is 3.37. The van der Waals surface area contributed by atoms with Gasteiger partial charge in [-0.1, -0.05) is 22.6 Å². The van der Waals surface area contributed by atoms with Gasteiger partial charge in [0, 0.05) is 3.92 Å². The summed E-state index contributed by atoms with van der Waals surface area (Å²) in [5, 5.41) is 0. The SMILES string of the molecule is IC1CC2CCC1CC1CC21. The molecule has 0 spiro atoms. The van der Waals surface area contributed by atoms with Crippen LogP contribution in [0.1, 0.15) is 32.1 Å². The monoisotopic (exact) mass is 262 g/mol. The van der Waals surface area contributed by atoms with Gasteiger partial charge in [-0.2, -0.15) is 0 Å². The van der Waals surface area contributed by atoms with Gasteiger partial charge in [0.25, 0.3) is 0 Å². The van der Waals surface area contributed by atoms with E-state index in [9.17, 15) is 0 Å². The lowest BCUT2D eigenvalue weighted by Crippen LogP contribution is -2.23. The van der Waals surface area contributed by atoms with Gasteiger partial charge < -0.3 is 0 Å². The molecule has 0 amide bonds. The van der Waals surface area contributed by atoms with E-state index in [4.69, 9.17) is 0 Å². The van der Waals surface area contributed by atoms with E-state index in [0.717, 1.165) is 15.8 Å². The lowest BCUT2D eigenvalue weighted by atomic mass is 9.81. The smallest absolute Gasteiger partial charge is 0.0141 e. The highest BCUT2D eigenvalue weighted by Gasteiger charge is 2.50. The van der Waals surface area contributed by atoms with Gasteiger partial charge in [0.1, 0.15) is 0 Å². The summed E-state index contributed by atoms with van der Waals surface area (Å²) in [5.74, 6) is 4.65. The van der Waals surface area contributed by atoms with Crippen molar-refractivity contribution in [2.45, 2.75) is 36.0 Å². The van der Waals surface area contributed by atoms with Crippen LogP contribution in [0.25, 0.3) is 0 Å². The Morgan fingerprint density at radius 3 is 2.45 bits per heavy atom. The Bertz CT molecular complexity index is 170. The fraction of sp³-hybridized carbons (Fsp3) is 1.00. The fourth-order valence-corrected chi connectivity index (χ4v) is 4.68. The van der Waals surface area contributed by atoms with Crippen LogP contribution in [0.3, 0.4) is 0 Å². The maximum atomic E-state index is 2.70. The Balaban J connectivity index is 1.87. The summed E-state index contributed by atoms with van der Waals surface area (Å²) in [6.45, 7) is 0. The van der Waals surface area contributed by atoms with E-state index in [-0.39, 0.29) is 0 Å². The Hall–Kier alpha value is 0.730. The van der Waals surface area contributed by atoms with Crippen LogP contribution in [0.15, 0.2) is 0 Å². The van der Waals surface area contributed by atoms with Crippen molar-refractivity contribution in [3.8, 4) is 0 Å². The maximum Gasteiger partial charge on any atom is 0.0141 e. The minimum absolute atomic E-state index is 1.04. The highest BCUT2D eigenvalue weighted by Crippen LogP contribution is 2.59. The third-order valence-corrected chi connectivity index (χ3v) is 5.66. The molecule has 5 atom stereocenters. The van der Waals surface area contributed by atoms with Gasteiger partial charge in [0.05, 0.1) is 0 Å². The van der Waals surface area contributed by atoms with Crippen molar-refractivity contribution in [1.82, 2.24) is 0 Å². The Labute approximate surface area is 82.3 Å². The summed E-state index contributed by atoms with van der Waals surface area (Å²) < 4.78 is 1.04. The molecular formula is C10H15I. The first-order chi connectivity index (χ1) is 5.34. The number of rotatable bonds is 0. The Morgan fingerprint density at radius 1 is 0.818 bits per heavy atom. The first-order valence-electron chi connectivity index (χ1n) is 4.98. The number of hydrogen-bond acceptors (Lipinski definition) is 0. The van der Waals surface area contributed by atoms with Crippen LogP contribution < -0.4 is 0 Å². The molecule has 0 aliphatic heterocycles. The summed E-state index contributed by atoms with van der Waals surface area (Å²) in [4.78, 5) is 0. The first-order valence-corrected chi connectivity index (χ1v) is 6.23. The minimum Gasteiger partial charge on any atom is -0.0823 e. The standard InChI is InChI=1S/C10H15I/c11-10-5-6-1-2-7(10)3-8-4-9(6)8/h6-10H,1-5H2. The lowest BCUT2D eigenvalue weighted by molar-refractivity contribution is 0.295. The van der Waals surface area contributed by atoms with Crippen LogP contribution in [0.5, 0.6) is 0 Å². The highest BCUT2D eigenvalue weighted by atomic mass is 127. The van der Waals surface area contributed by atoms with Crippen molar-refractivity contribution in [2.24, 2.45) is 23.7 Å². The van der Waals surface area contributed by atoms with Crippen LogP contribution in [-0.4, -0.2) is 3.92 Å². The normalized spacial score (nSPS) is 60.3. The molecule has 4 saturated carbocycles. The van der Waals surface area contributed by atoms with Gasteiger partial charge in [-0.25, -0.2) is 0 Å². The maximum absolute atomic E-state index is 2.70. The zero-order chi connectivity index (χ0) is 7.42. The van der Waals surface area contributed by atoms with E-state index < -0.39 is 0 Å². The third kappa shape index (κ3) is 1.06. The summed E-state index contributed by atoms with van der Waals surface area (Å²) in [6, 6.07) is 0. The number of fused-ring (bicyclic) bond motifs is 2. The van der Waals surface area contributed by atoms with Gasteiger partial charge >= 0.3 is 0 Å². The molecule has 0 aromatic heterocycles. The van der Waals surface area contributed by atoms with Crippen LogP contribution in [-0.2, 0) is 0 Å². The summed E-state index contributed by atoms with van der Waals surface area (Å²) >= 11 is 2.70. The second-order valence-electron chi connectivity index (χ2n) is 4.74. The molecule has 4 fully saturated rings. The van der Waals surface area contributed by atoms with Crippen LogP contribution in [0.4, 0.5) is 0 Å². The molecule has 4 aliphatic rings. The van der Waals surface area contributed by atoms with E-state index >= 15 is 0 Å². The minimum atomic E-state index is 1.04. The molecule has 0 saturated heterocycles. The van der Waals surface area contributed by atoms with E-state index in [1.807, 2.05) is 0 Å². The Morgan fingerprint density at radius 2 is 1.64 bits per heavy atom. The van der Waals surface area contributed by atoms with Crippen molar-refractivity contribution >= 4 is 22.6 Å². The van der Waals surface area contributed by atoms with E-state index in [0.29, 0.717) is 0 Å². The topological polar surface area (TPSA) is 0 Å². The first kappa shape index (κ1) is 7.16. The second-order valence-corrected chi connectivity index (χ2v) is 6.34. The quantitative estimate of drug-likeness (QED) is 0.464. The van der Waals surface area contributed by atoms with E-state index in [2.05, 4.69) is 22.6 Å². The van der Waals surface area contributed by atoms with Crippen LogP contribution in [0, 0.1) is 23.7 Å². The van der Waals surface area contributed by atoms with Crippen LogP contribution in [0.2, 0.25) is 0 Å². The van der Waals surface area contributed by atoms with Crippen molar-refractivity contribution in [3.63, 3.8) is 0 Å². The average Bonchev–Trinajstić information content (AvgIpc) is 2.69. The molecule has 0 aromatic carbocycles. The van der Waals surface area contributed by atoms with Crippen molar-refractivity contribution in [3.05, 3.63) is 0 Å². The molecule has 2 bridgehead atoms.